The van der Waals surface area contributed by atoms with E-state index in [-0.39, 0.29) is 6.10 Å². The van der Waals surface area contributed by atoms with Crippen LogP contribution in [0, 0.1) is 17.3 Å². The molecule has 0 aromatic rings. The van der Waals surface area contributed by atoms with Gasteiger partial charge in [-0.1, -0.05) is 26.7 Å². The van der Waals surface area contributed by atoms with Crippen LogP contribution in [0.5, 0.6) is 0 Å². The SMILES string of the molecule is CCNCC1(CN2CCC(C(C)O)C2)CCCC(C)C1. The fourth-order valence-electron chi connectivity index (χ4n) is 4.39. The van der Waals surface area contributed by atoms with Crippen molar-refractivity contribution in [2.75, 3.05) is 32.7 Å². The minimum Gasteiger partial charge on any atom is -0.393 e. The Balaban J connectivity index is 1.94. The second-order valence-corrected chi connectivity index (χ2v) is 7.51. The Bertz CT molecular complexity index is 295. The molecular formula is C17H34N2O. The van der Waals surface area contributed by atoms with E-state index in [0.29, 0.717) is 11.3 Å². The first-order chi connectivity index (χ1) is 9.54. The van der Waals surface area contributed by atoms with E-state index in [1.54, 1.807) is 0 Å². The van der Waals surface area contributed by atoms with Crippen LogP contribution in [0.4, 0.5) is 0 Å². The van der Waals surface area contributed by atoms with Crippen LogP contribution >= 0.6 is 0 Å². The van der Waals surface area contributed by atoms with Gasteiger partial charge >= 0.3 is 0 Å². The molecule has 3 heteroatoms. The Kier molecular flexibility index (Phi) is 5.88. The first-order valence-electron chi connectivity index (χ1n) is 8.66. The van der Waals surface area contributed by atoms with Gasteiger partial charge in [-0.15, -0.1) is 0 Å². The van der Waals surface area contributed by atoms with Gasteiger partial charge in [0.1, 0.15) is 0 Å². The number of likely N-dealkylation sites (tertiary alicyclic amines) is 1. The van der Waals surface area contributed by atoms with Crippen molar-refractivity contribution < 1.29 is 5.11 Å². The molecule has 1 aliphatic carbocycles. The van der Waals surface area contributed by atoms with E-state index < -0.39 is 0 Å². The van der Waals surface area contributed by atoms with Crippen LogP contribution in [-0.2, 0) is 0 Å². The molecule has 0 spiro atoms. The largest absolute Gasteiger partial charge is 0.393 e. The second kappa shape index (κ2) is 7.24. The molecule has 20 heavy (non-hydrogen) atoms. The van der Waals surface area contributed by atoms with Gasteiger partial charge in [0.2, 0.25) is 0 Å². The van der Waals surface area contributed by atoms with Gasteiger partial charge in [-0.05, 0) is 56.5 Å². The first-order valence-corrected chi connectivity index (χ1v) is 8.66. The van der Waals surface area contributed by atoms with Crippen molar-refractivity contribution in [3.05, 3.63) is 0 Å². The van der Waals surface area contributed by atoms with E-state index in [1.807, 2.05) is 6.92 Å². The number of hydrogen-bond acceptors (Lipinski definition) is 3. The average molecular weight is 282 g/mol. The molecule has 0 aromatic carbocycles. The lowest BCUT2D eigenvalue weighted by Crippen LogP contribution is -2.46. The van der Waals surface area contributed by atoms with E-state index >= 15 is 0 Å². The highest BCUT2D eigenvalue weighted by atomic mass is 16.3. The molecule has 0 amide bonds. The molecule has 0 radical (unpaired) electrons. The minimum atomic E-state index is -0.144. The van der Waals surface area contributed by atoms with Crippen LogP contribution in [-0.4, -0.2) is 48.8 Å². The molecule has 2 rings (SSSR count). The van der Waals surface area contributed by atoms with Crippen LogP contribution in [0.15, 0.2) is 0 Å². The summed E-state index contributed by atoms with van der Waals surface area (Å²) in [5, 5.41) is 13.4. The average Bonchev–Trinajstić information content (AvgIpc) is 2.85. The Hall–Kier alpha value is -0.120. The molecule has 3 nitrogen and oxygen atoms in total. The topological polar surface area (TPSA) is 35.5 Å². The first kappa shape index (κ1) is 16.3. The van der Waals surface area contributed by atoms with Crippen LogP contribution in [0.1, 0.15) is 52.9 Å². The van der Waals surface area contributed by atoms with E-state index in [0.717, 1.165) is 19.0 Å². The fraction of sp³-hybridized carbons (Fsp3) is 1.00. The minimum absolute atomic E-state index is 0.144. The van der Waals surface area contributed by atoms with Crippen LogP contribution in [0.25, 0.3) is 0 Å². The van der Waals surface area contributed by atoms with Crippen LogP contribution in [0.3, 0.4) is 0 Å². The summed E-state index contributed by atoms with van der Waals surface area (Å²) < 4.78 is 0. The van der Waals surface area contributed by atoms with Gasteiger partial charge in [0.15, 0.2) is 0 Å². The Morgan fingerprint density at radius 1 is 1.40 bits per heavy atom. The zero-order valence-corrected chi connectivity index (χ0v) is 13.7. The number of aliphatic hydroxyl groups is 1. The Morgan fingerprint density at radius 2 is 2.20 bits per heavy atom. The summed E-state index contributed by atoms with van der Waals surface area (Å²) in [6.45, 7) is 12.3. The van der Waals surface area contributed by atoms with Gasteiger partial charge in [-0.2, -0.15) is 0 Å². The molecule has 1 aliphatic heterocycles. The summed E-state index contributed by atoms with van der Waals surface area (Å²) in [4.78, 5) is 2.62. The third kappa shape index (κ3) is 4.19. The summed E-state index contributed by atoms with van der Waals surface area (Å²) in [5.74, 6) is 1.37. The molecule has 4 atom stereocenters. The maximum absolute atomic E-state index is 9.78. The fourth-order valence-corrected chi connectivity index (χ4v) is 4.39. The highest BCUT2D eigenvalue weighted by molar-refractivity contribution is 4.92. The molecule has 2 aliphatic rings. The highest BCUT2D eigenvalue weighted by Gasteiger charge is 2.38. The summed E-state index contributed by atoms with van der Waals surface area (Å²) in [5.41, 5.74) is 0.473. The number of nitrogens with one attached hydrogen (secondary N) is 1. The summed E-state index contributed by atoms with van der Waals surface area (Å²) in [6, 6.07) is 0. The molecule has 1 heterocycles. The summed E-state index contributed by atoms with van der Waals surface area (Å²) in [7, 11) is 0. The van der Waals surface area contributed by atoms with Crippen molar-refractivity contribution >= 4 is 0 Å². The third-order valence-corrected chi connectivity index (χ3v) is 5.49. The standard InChI is InChI=1S/C17H34N2O/c1-4-18-12-17(8-5-6-14(2)10-17)13-19-9-7-16(11-19)15(3)20/h14-16,18,20H,4-13H2,1-3H3. The van der Waals surface area contributed by atoms with Gasteiger partial charge < -0.3 is 15.3 Å². The van der Waals surface area contributed by atoms with Crippen molar-refractivity contribution in [3.63, 3.8) is 0 Å². The van der Waals surface area contributed by atoms with Crippen molar-refractivity contribution in [2.45, 2.75) is 59.0 Å². The van der Waals surface area contributed by atoms with E-state index in [4.69, 9.17) is 0 Å². The van der Waals surface area contributed by atoms with Crippen LogP contribution in [0.2, 0.25) is 0 Å². The van der Waals surface area contributed by atoms with Gasteiger partial charge in [0.05, 0.1) is 6.10 Å². The lowest BCUT2D eigenvalue weighted by atomic mass is 9.69. The predicted molar refractivity (Wildman–Crippen MR) is 84.8 cm³/mol. The molecule has 4 unspecified atom stereocenters. The molecule has 1 saturated heterocycles. The lowest BCUT2D eigenvalue weighted by Gasteiger charge is -2.43. The molecule has 2 fully saturated rings. The molecular weight excluding hydrogens is 248 g/mol. The quantitative estimate of drug-likeness (QED) is 0.786. The summed E-state index contributed by atoms with van der Waals surface area (Å²) in [6.07, 6.45) is 6.57. The third-order valence-electron chi connectivity index (χ3n) is 5.49. The summed E-state index contributed by atoms with van der Waals surface area (Å²) >= 11 is 0. The van der Waals surface area contributed by atoms with Crippen molar-refractivity contribution in [3.8, 4) is 0 Å². The number of aliphatic hydroxyl groups excluding tert-OH is 1. The molecule has 1 saturated carbocycles. The monoisotopic (exact) mass is 282 g/mol. The molecule has 2 N–H and O–H groups in total. The zero-order chi connectivity index (χ0) is 14.6. The number of hydrogen-bond donors (Lipinski definition) is 2. The molecule has 118 valence electrons. The second-order valence-electron chi connectivity index (χ2n) is 7.51. The van der Waals surface area contributed by atoms with E-state index in [2.05, 4.69) is 24.1 Å². The number of nitrogens with zero attached hydrogens (tertiary/aromatic N) is 1. The lowest BCUT2D eigenvalue weighted by molar-refractivity contribution is 0.0808. The zero-order valence-electron chi connectivity index (χ0n) is 13.7. The Morgan fingerprint density at radius 3 is 2.80 bits per heavy atom. The number of rotatable bonds is 6. The van der Waals surface area contributed by atoms with Crippen molar-refractivity contribution in [2.24, 2.45) is 17.3 Å². The Labute approximate surface area is 125 Å². The van der Waals surface area contributed by atoms with Gasteiger partial charge in [0.25, 0.3) is 0 Å². The van der Waals surface area contributed by atoms with E-state index in [1.165, 1.54) is 51.7 Å². The van der Waals surface area contributed by atoms with Crippen molar-refractivity contribution in [1.29, 1.82) is 0 Å². The molecule has 0 bridgehead atoms. The van der Waals surface area contributed by atoms with Gasteiger partial charge in [-0.25, -0.2) is 0 Å². The van der Waals surface area contributed by atoms with Gasteiger partial charge in [0, 0.05) is 19.6 Å². The maximum Gasteiger partial charge on any atom is 0.0552 e. The van der Waals surface area contributed by atoms with Crippen molar-refractivity contribution in [1.82, 2.24) is 10.2 Å². The maximum atomic E-state index is 9.78. The molecule has 0 aromatic heterocycles. The van der Waals surface area contributed by atoms with Gasteiger partial charge in [-0.3, -0.25) is 0 Å². The normalized spacial score (nSPS) is 37.2. The smallest absolute Gasteiger partial charge is 0.0552 e. The highest BCUT2D eigenvalue weighted by Crippen LogP contribution is 2.40. The predicted octanol–water partition coefficient (Wildman–Crippen LogP) is 2.50. The van der Waals surface area contributed by atoms with E-state index in [9.17, 15) is 5.11 Å². The van der Waals surface area contributed by atoms with Crippen LogP contribution < -0.4 is 5.32 Å².